The number of allylic oxidation sites excluding steroid dienone is 8. The molecule has 0 aliphatic heterocycles. The molecular weight excluding hydrogens is 168 g/mol. The van der Waals surface area contributed by atoms with Gasteiger partial charge in [0.1, 0.15) is 0 Å². The molecule has 0 saturated heterocycles. The van der Waals surface area contributed by atoms with Crippen LogP contribution < -0.4 is 0 Å². The summed E-state index contributed by atoms with van der Waals surface area (Å²) in [5, 5.41) is 0. The molecule has 0 aromatic rings. The predicted molar refractivity (Wildman–Crippen MR) is 64.3 cm³/mol. The Morgan fingerprint density at radius 1 is 0.429 bits per heavy atom. The maximum Gasteiger partial charge on any atom is -0.0169 e. The Labute approximate surface area is 87.7 Å². The minimum Gasteiger partial charge on any atom is -0.0882 e. The van der Waals surface area contributed by atoms with Crippen LogP contribution in [0.15, 0.2) is 48.6 Å². The maximum atomic E-state index is 2.29. The summed E-state index contributed by atoms with van der Waals surface area (Å²) >= 11 is 0. The first-order valence-electron chi connectivity index (χ1n) is 5.60. The van der Waals surface area contributed by atoms with Crippen LogP contribution in [0.2, 0.25) is 0 Å². The molecule has 0 aromatic heterocycles. The van der Waals surface area contributed by atoms with E-state index in [9.17, 15) is 0 Å². The topological polar surface area (TPSA) is 0 Å². The molecule has 0 radical (unpaired) electrons. The fourth-order valence-corrected chi connectivity index (χ4v) is 1.40. The van der Waals surface area contributed by atoms with Crippen LogP contribution in [0, 0.1) is 0 Å². The van der Waals surface area contributed by atoms with Gasteiger partial charge < -0.3 is 0 Å². The summed E-state index contributed by atoms with van der Waals surface area (Å²) in [6.45, 7) is 0. The second-order valence-electron chi connectivity index (χ2n) is 3.52. The molecular formula is C14H20. The molecule has 0 aromatic carbocycles. The summed E-state index contributed by atoms with van der Waals surface area (Å²) in [7, 11) is 0. The Hall–Kier alpha value is -1.04. The molecule has 0 fully saturated rings. The summed E-state index contributed by atoms with van der Waals surface area (Å²) < 4.78 is 0. The third kappa shape index (κ3) is 6.47. The number of rotatable bonds is 0. The summed E-state index contributed by atoms with van der Waals surface area (Å²) in [6, 6.07) is 0. The van der Waals surface area contributed by atoms with E-state index < -0.39 is 0 Å². The molecule has 1 aliphatic rings. The average Bonchev–Trinajstić information content (AvgIpc) is 2.22. The summed E-state index contributed by atoms with van der Waals surface area (Å²) in [4.78, 5) is 0. The number of hydrogen-bond donors (Lipinski definition) is 0. The highest BCUT2D eigenvalue weighted by atomic mass is 13.9. The van der Waals surface area contributed by atoms with E-state index in [0.717, 1.165) is 19.3 Å². The van der Waals surface area contributed by atoms with Crippen molar-refractivity contribution in [1.29, 1.82) is 0 Å². The van der Waals surface area contributed by atoms with Crippen molar-refractivity contribution in [3.8, 4) is 0 Å². The highest BCUT2D eigenvalue weighted by molar-refractivity contribution is 5.00. The normalized spacial score (nSPS) is 26.3. The number of hydrogen-bond acceptors (Lipinski definition) is 0. The van der Waals surface area contributed by atoms with Crippen molar-refractivity contribution in [2.24, 2.45) is 0 Å². The van der Waals surface area contributed by atoms with Gasteiger partial charge in [0.2, 0.25) is 0 Å². The van der Waals surface area contributed by atoms with E-state index in [2.05, 4.69) is 48.6 Å². The van der Waals surface area contributed by atoms with E-state index in [0.29, 0.717) is 0 Å². The highest BCUT2D eigenvalue weighted by Gasteiger charge is 1.81. The maximum absolute atomic E-state index is 2.29. The molecule has 1 rings (SSSR count). The third-order valence-electron chi connectivity index (χ3n) is 2.22. The SMILES string of the molecule is C1=CC/C=C/CCC/C=C\C/C=C/C1. The van der Waals surface area contributed by atoms with Gasteiger partial charge in [0.25, 0.3) is 0 Å². The zero-order valence-electron chi connectivity index (χ0n) is 8.86. The van der Waals surface area contributed by atoms with Crippen molar-refractivity contribution in [2.75, 3.05) is 0 Å². The molecule has 0 spiro atoms. The van der Waals surface area contributed by atoms with Gasteiger partial charge in [-0.2, -0.15) is 0 Å². The summed E-state index contributed by atoms with van der Waals surface area (Å²) in [5.74, 6) is 0. The van der Waals surface area contributed by atoms with Crippen molar-refractivity contribution in [3.05, 3.63) is 48.6 Å². The lowest BCUT2D eigenvalue weighted by molar-refractivity contribution is 0.864. The van der Waals surface area contributed by atoms with Gasteiger partial charge in [-0.15, -0.1) is 0 Å². The van der Waals surface area contributed by atoms with E-state index in [1.54, 1.807) is 0 Å². The molecule has 0 heteroatoms. The van der Waals surface area contributed by atoms with Crippen molar-refractivity contribution >= 4 is 0 Å². The van der Waals surface area contributed by atoms with E-state index in [4.69, 9.17) is 0 Å². The van der Waals surface area contributed by atoms with Gasteiger partial charge in [0.15, 0.2) is 0 Å². The van der Waals surface area contributed by atoms with Crippen LogP contribution in [0.25, 0.3) is 0 Å². The molecule has 1 aliphatic carbocycles. The van der Waals surface area contributed by atoms with Crippen LogP contribution in [-0.4, -0.2) is 0 Å². The molecule has 0 N–H and O–H groups in total. The van der Waals surface area contributed by atoms with Crippen LogP contribution in [0.1, 0.15) is 38.5 Å². The van der Waals surface area contributed by atoms with Crippen LogP contribution in [0.3, 0.4) is 0 Å². The highest BCUT2D eigenvalue weighted by Crippen LogP contribution is 2.01. The second-order valence-corrected chi connectivity index (χ2v) is 3.52. The smallest absolute Gasteiger partial charge is 0.0169 e. The Balaban J connectivity index is 2.34. The van der Waals surface area contributed by atoms with Crippen LogP contribution in [0.5, 0.6) is 0 Å². The molecule has 0 heterocycles. The quantitative estimate of drug-likeness (QED) is 0.489. The minimum absolute atomic E-state index is 1.07. The summed E-state index contributed by atoms with van der Waals surface area (Å²) in [6.07, 6.45) is 25.0. The van der Waals surface area contributed by atoms with Gasteiger partial charge in [0, 0.05) is 0 Å². The van der Waals surface area contributed by atoms with Gasteiger partial charge in [-0.1, -0.05) is 48.6 Å². The predicted octanol–water partition coefficient (Wildman–Crippen LogP) is 4.57. The fourth-order valence-electron chi connectivity index (χ4n) is 1.40. The minimum atomic E-state index is 1.07. The Morgan fingerprint density at radius 2 is 0.786 bits per heavy atom. The average molecular weight is 188 g/mol. The monoisotopic (exact) mass is 188 g/mol. The van der Waals surface area contributed by atoms with Crippen molar-refractivity contribution in [2.45, 2.75) is 38.5 Å². The van der Waals surface area contributed by atoms with Crippen LogP contribution in [-0.2, 0) is 0 Å². The summed E-state index contributed by atoms with van der Waals surface area (Å²) in [5.41, 5.74) is 0. The van der Waals surface area contributed by atoms with Gasteiger partial charge >= 0.3 is 0 Å². The molecule has 0 amide bonds. The van der Waals surface area contributed by atoms with E-state index in [-0.39, 0.29) is 0 Å². The van der Waals surface area contributed by atoms with Gasteiger partial charge in [-0.3, -0.25) is 0 Å². The van der Waals surface area contributed by atoms with Crippen LogP contribution >= 0.6 is 0 Å². The first-order valence-corrected chi connectivity index (χ1v) is 5.60. The molecule has 0 nitrogen and oxygen atoms in total. The zero-order valence-corrected chi connectivity index (χ0v) is 8.86. The largest absolute Gasteiger partial charge is 0.0882 e. The lowest BCUT2D eigenvalue weighted by atomic mass is 10.2. The Kier molecular flexibility index (Phi) is 6.74. The standard InChI is InChI=1S/C14H20/c1-2-4-6-8-10-12-14-13-11-9-7-5-3-1/h1-2,5-8,11,13H,3-4,9-10,12,14H2/b2-1+,7-5?,8-6-,13-11+. The lowest BCUT2D eigenvalue weighted by Crippen LogP contribution is -1.71. The molecule has 0 bridgehead atoms. The Morgan fingerprint density at radius 3 is 1.21 bits per heavy atom. The van der Waals surface area contributed by atoms with E-state index >= 15 is 0 Å². The lowest BCUT2D eigenvalue weighted by Gasteiger charge is -1.91. The van der Waals surface area contributed by atoms with Crippen molar-refractivity contribution in [3.63, 3.8) is 0 Å². The Bertz CT molecular complexity index is 204. The van der Waals surface area contributed by atoms with Crippen molar-refractivity contribution < 1.29 is 0 Å². The molecule has 76 valence electrons. The van der Waals surface area contributed by atoms with Gasteiger partial charge in [-0.25, -0.2) is 0 Å². The molecule has 14 heavy (non-hydrogen) atoms. The van der Waals surface area contributed by atoms with Gasteiger partial charge in [0.05, 0.1) is 0 Å². The zero-order chi connectivity index (χ0) is 9.90. The third-order valence-corrected chi connectivity index (χ3v) is 2.22. The van der Waals surface area contributed by atoms with E-state index in [1.165, 1.54) is 19.3 Å². The second kappa shape index (κ2) is 8.55. The first-order chi connectivity index (χ1) is 7.00. The molecule has 0 saturated carbocycles. The van der Waals surface area contributed by atoms with E-state index in [1.807, 2.05) is 0 Å². The van der Waals surface area contributed by atoms with Gasteiger partial charge in [-0.05, 0) is 38.5 Å². The fraction of sp³-hybridized carbons (Fsp3) is 0.429. The molecule has 0 atom stereocenters. The first kappa shape index (κ1) is 11.0. The van der Waals surface area contributed by atoms with Crippen molar-refractivity contribution in [1.82, 2.24) is 0 Å². The van der Waals surface area contributed by atoms with Crippen LogP contribution in [0.4, 0.5) is 0 Å². The molecule has 0 unspecified atom stereocenters.